The molecule has 1 fully saturated rings. The lowest BCUT2D eigenvalue weighted by molar-refractivity contribution is 0.0655. The van der Waals surface area contributed by atoms with E-state index < -0.39 is 0 Å². The minimum absolute atomic E-state index is 0.0907. The number of rotatable bonds is 2. The molecule has 2 heterocycles. The Hall–Kier alpha value is -2.14. The number of hydrogen-bond acceptors (Lipinski definition) is 3. The van der Waals surface area contributed by atoms with Crippen LogP contribution in [0.15, 0.2) is 42.7 Å². The number of nitrogens with zero attached hydrogens (tertiary/aromatic N) is 3. The zero-order valence-electron chi connectivity index (χ0n) is 11.5. The van der Waals surface area contributed by atoms with Gasteiger partial charge in [0.15, 0.2) is 0 Å². The Morgan fingerprint density at radius 3 is 3.05 bits per heavy atom. The number of aromatic nitrogens is 2. The summed E-state index contributed by atoms with van der Waals surface area (Å²) in [4.78, 5) is 14.5. The van der Waals surface area contributed by atoms with E-state index in [-0.39, 0.29) is 11.9 Å². The molecule has 20 heavy (non-hydrogen) atoms. The predicted octanol–water partition coefficient (Wildman–Crippen LogP) is 1.31. The summed E-state index contributed by atoms with van der Waals surface area (Å²) in [6.45, 7) is 4.53. The van der Waals surface area contributed by atoms with Gasteiger partial charge in [-0.15, -0.1) is 0 Å². The average molecular weight is 270 g/mol. The fourth-order valence-electron chi connectivity index (χ4n) is 2.51. The topological polar surface area (TPSA) is 50.2 Å². The quantitative estimate of drug-likeness (QED) is 0.895. The van der Waals surface area contributed by atoms with Gasteiger partial charge in [-0.1, -0.05) is 6.07 Å². The van der Waals surface area contributed by atoms with Crippen molar-refractivity contribution >= 4 is 5.91 Å². The van der Waals surface area contributed by atoms with Gasteiger partial charge in [0.25, 0.3) is 5.91 Å². The minimum Gasteiger partial charge on any atom is -0.333 e. The highest BCUT2D eigenvalue weighted by Gasteiger charge is 2.24. The van der Waals surface area contributed by atoms with Crippen molar-refractivity contribution in [1.82, 2.24) is 20.0 Å². The molecule has 104 valence electrons. The molecule has 2 aromatic rings. The Kier molecular flexibility index (Phi) is 3.52. The van der Waals surface area contributed by atoms with Crippen molar-refractivity contribution in [3.8, 4) is 5.69 Å². The summed E-state index contributed by atoms with van der Waals surface area (Å²) in [5.74, 6) is 0.0907. The van der Waals surface area contributed by atoms with Crippen LogP contribution < -0.4 is 5.32 Å². The summed E-state index contributed by atoms with van der Waals surface area (Å²) in [6.07, 6.45) is 3.60. The fourth-order valence-corrected chi connectivity index (χ4v) is 2.51. The number of nitrogens with one attached hydrogen (secondary N) is 1. The molecular weight excluding hydrogens is 252 g/mol. The molecule has 1 atom stereocenters. The van der Waals surface area contributed by atoms with Crippen LogP contribution in [0.3, 0.4) is 0 Å². The Balaban J connectivity index is 1.86. The van der Waals surface area contributed by atoms with E-state index in [2.05, 4.69) is 17.3 Å². The molecule has 1 aromatic carbocycles. The Morgan fingerprint density at radius 2 is 2.30 bits per heavy atom. The number of carbonyl (C=O) groups excluding carboxylic acids is 1. The van der Waals surface area contributed by atoms with Crippen molar-refractivity contribution in [3.05, 3.63) is 48.3 Å². The van der Waals surface area contributed by atoms with Gasteiger partial charge in [-0.2, -0.15) is 5.10 Å². The Bertz CT molecular complexity index is 594. The molecule has 0 unspecified atom stereocenters. The van der Waals surface area contributed by atoms with E-state index in [9.17, 15) is 4.79 Å². The van der Waals surface area contributed by atoms with Gasteiger partial charge in [0.05, 0.1) is 5.69 Å². The summed E-state index contributed by atoms with van der Waals surface area (Å²) in [7, 11) is 0. The molecule has 0 bridgehead atoms. The lowest BCUT2D eigenvalue weighted by atomic mass is 10.1. The molecule has 1 saturated heterocycles. The van der Waals surface area contributed by atoms with E-state index in [1.165, 1.54) is 0 Å². The van der Waals surface area contributed by atoms with Crippen LogP contribution in [0, 0.1) is 0 Å². The van der Waals surface area contributed by atoms with Crippen LogP contribution in [-0.4, -0.2) is 46.3 Å². The molecule has 1 aliphatic rings. The molecule has 0 radical (unpaired) electrons. The molecular formula is C15H18N4O. The molecule has 5 nitrogen and oxygen atoms in total. The van der Waals surface area contributed by atoms with E-state index in [0.29, 0.717) is 5.56 Å². The standard InChI is InChI=1S/C15H18N4O/c1-12-11-16-7-9-18(12)15(20)13-4-2-5-14(10-13)19-8-3-6-17-19/h2-6,8,10,12,16H,7,9,11H2,1H3/t12-/m1/s1. The zero-order valence-corrected chi connectivity index (χ0v) is 11.5. The largest absolute Gasteiger partial charge is 0.333 e. The minimum atomic E-state index is 0.0907. The molecule has 1 aromatic heterocycles. The van der Waals surface area contributed by atoms with Gasteiger partial charge in [0.2, 0.25) is 0 Å². The molecule has 0 aliphatic carbocycles. The summed E-state index contributed by atoms with van der Waals surface area (Å²) < 4.78 is 1.76. The van der Waals surface area contributed by atoms with Gasteiger partial charge in [-0.25, -0.2) is 4.68 Å². The van der Waals surface area contributed by atoms with Crippen LogP contribution in [0.2, 0.25) is 0 Å². The number of amides is 1. The molecule has 5 heteroatoms. The van der Waals surface area contributed by atoms with E-state index >= 15 is 0 Å². The van der Waals surface area contributed by atoms with Crippen molar-refractivity contribution in [3.63, 3.8) is 0 Å². The summed E-state index contributed by atoms with van der Waals surface area (Å²) >= 11 is 0. The second-order valence-corrected chi connectivity index (χ2v) is 5.05. The third-order valence-electron chi connectivity index (χ3n) is 3.62. The van der Waals surface area contributed by atoms with Gasteiger partial charge in [-0.05, 0) is 31.2 Å². The van der Waals surface area contributed by atoms with E-state index in [0.717, 1.165) is 25.3 Å². The van der Waals surface area contributed by atoms with E-state index in [1.807, 2.05) is 41.4 Å². The smallest absolute Gasteiger partial charge is 0.254 e. The van der Waals surface area contributed by atoms with Crippen LogP contribution >= 0.6 is 0 Å². The van der Waals surface area contributed by atoms with Crippen molar-refractivity contribution in [2.45, 2.75) is 13.0 Å². The number of carbonyl (C=O) groups is 1. The Labute approximate surface area is 118 Å². The Morgan fingerprint density at radius 1 is 1.40 bits per heavy atom. The van der Waals surface area contributed by atoms with Crippen molar-refractivity contribution in [2.24, 2.45) is 0 Å². The maximum absolute atomic E-state index is 12.6. The van der Waals surface area contributed by atoms with Crippen LogP contribution in [0.5, 0.6) is 0 Å². The van der Waals surface area contributed by atoms with Crippen LogP contribution in [0.25, 0.3) is 5.69 Å². The molecule has 1 N–H and O–H groups in total. The normalized spacial score (nSPS) is 19.1. The van der Waals surface area contributed by atoms with Gasteiger partial charge >= 0.3 is 0 Å². The molecule has 1 amide bonds. The van der Waals surface area contributed by atoms with Crippen molar-refractivity contribution in [2.75, 3.05) is 19.6 Å². The first kappa shape index (κ1) is 12.9. The number of piperazine rings is 1. The van der Waals surface area contributed by atoms with Crippen molar-refractivity contribution in [1.29, 1.82) is 0 Å². The summed E-state index contributed by atoms with van der Waals surface area (Å²) in [5.41, 5.74) is 1.62. The van der Waals surface area contributed by atoms with Crippen LogP contribution in [0.4, 0.5) is 0 Å². The summed E-state index contributed by atoms with van der Waals surface area (Å²) in [5, 5.41) is 7.49. The molecule has 0 saturated carbocycles. The third kappa shape index (κ3) is 2.44. The molecule has 0 spiro atoms. The first-order valence-electron chi connectivity index (χ1n) is 6.87. The van der Waals surface area contributed by atoms with Gasteiger partial charge in [0.1, 0.15) is 0 Å². The van der Waals surface area contributed by atoms with Crippen LogP contribution in [0.1, 0.15) is 17.3 Å². The highest BCUT2D eigenvalue weighted by Crippen LogP contribution is 2.14. The predicted molar refractivity (Wildman–Crippen MR) is 76.9 cm³/mol. The lowest BCUT2D eigenvalue weighted by Gasteiger charge is -2.34. The second kappa shape index (κ2) is 5.46. The first-order chi connectivity index (χ1) is 9.75. The zero-order chi connectivity index (χ0) is 13.9. The highest BCUT2D eigenvalue weighted by atomic mass is 16.2. The average Bonchev–Trinajstić information content (AvgIpc) is 3.01. The van der Waals surface area contributed by atoms with Crippen LogP contribution in [-0.2, 0) is 0 Å². The molecule has 1 aliphatic heterocycles. The van der Waals surface area contributed by atoms with Gasteiger partial charge in [-0.3, -0.25) is 4.79 Å². The fraction of sp³-hybridized carbons (Fsp3) is 0.333. The first-order valence-corrected chi connectivity index (χ1v) is 6.87. The SMILES string of the molecule is C[C@@H]1CNCCN1C(=O)c1cccc(-n2cccn2)c1. The monoisotopic (exact) mass is 270 g/mol. The molecule has 3 rings (SSSR count). The van der Waals surface area contributed by atoms with Crippen molar-refractivity contribution < 1.29 is 4.79 Å². The third-order valence-corrected chi connectivity index (χ3v) is 3.62. The van der Waals surface area contributed by atoms with Gasteiger partial charge < -0.3 is 10.2 Å². The summed E-state index contributed by atoms with van der Waals surface area (Å²) in [6, 6.07) is 9.70. The van der Waals surface area contributed by atoms with E-state index in [1.54, 1.807) is 10.9 Å². The number of benzene rings is 1. The maximum Gasteiger partial charge on any atom is 0.254 e. The maximum atomic E-state index is 12.6. The van der Waals surface area contributed by atoms with E-state index in [4.69, 9.17) is 0 Å². The lowest BCUT2D eigenvalue weighted by Crippen LogP contribution is -2.52. The number of hydrogen-bond donors (Lipinski definition) is 1. The van der Waals surface area contributed by atoms with Gasteiger partial charge in [0, 0.05) is 43.6 Å². The second-order valence-electron chi connectivity index (χ2n) is 5.05. The highest BCUT2D eigenvalue weighted by molar-refractivity contribution is 5.95.